The van der Waals surface area contributed by atoms with Crippen molar-refractivity contribution < 1.29 is 4.79 Å². The molecule has 1 N–H and O–H groups in total. The first-order valence-electron chi connectivity index (χ1n) is 10.2. The van der Waals surface area contributed by atoms with E-state index >= 15 is 0 Å². The third-order valence-electron chi connectivity index (χ3n) is 6.23. The van der Waals surface area contributed by atoms with Gasteiger partial charge in [-0.1, -0.05) is 57.2 Å². The Morgan fingerprint density at radius 1 is 1.25 bits per heavy atom. The Bertz CT molecular complexity index is 796. The number of amides is 1. The molecule has 1 amide bonds. The zero-order valence-corrected chi connectivity index (χ0v) is 18.1. The van der Waals surface area contributed by atoms with E-state index < -0.39 is 0 Å². The van der Waals surface area contributed by atoms with E-state index in [4.69, 9.17) is 0 Å². The molecule has 2 aromatic rings. The zero-order valence-electron chi connectivity index (χ0n) is 17.3. The standard InChI is InChI=1S/C21H31N5OS/c1-5-21(3,4)16-10-12-17(13-11-16)22-19(27)14-28-20-23-24-25-26(20)18-9-7-6-8-15(18)2/h6-9,16-17H,5,10-14H2,1-4H3,(H,22,27). The highest BCUT2D eigenvalue weighted by Crippen LogP contribution is 2.40. The van der Waals surface area contributed by atoms with Gasteiger partial charge in [-0.2, -0.15) is 4.68 Å². The first-order valence-corrected chi connectivity index (χ1v) is 11.2. The molecule has 7 heteroatoms. The molecule has 28 heavy (non-hydrogen) atoms. The van der Waals surface area contributed by atoms with Gasteiger partial charge in [0.1, 0.15) is 0 Å². The number of aromatic nitrogens is 4. The maximum atomic E-state index is 12.4. The molecule has 1 aliphatic carbocycles. The summed E-state index contributed by atoms with van der Waals surface area (Å²) in [6, 6.07) is 8.24. The van der Waals surface area contributed by atoms with Gasteiger partial charge in [-0.05, 0) is 66.0 Å². The minimum atomic E-state index is 0.0579. The van der Waals surface area contributed by atoms with E-state index in [1.807, 2.05) is 31.2 Å². The Morgan fingerprint density at radius 3 is 2.64 bits per heavy atom. The number of tetrazole rings is 1. The van der Waals surface area contributed by atoms with Crippen LogP contribution in [0.2, 0.25) is 0 Å². The molecule has 1 heterocycles. The van der Waals surface area contributed by atoms with Crippen molar-refractivity contribution in [2.75, 3.05) is 5.75 Å². The van der Waals surface area contributed by atoms with Crippen molar-refractivity contribution >= 4 is 17.7 Å². The highest BCUT2D eigenvalue weighted by atomic mass is 32.2. The van der Waals surface area contributed by atoms with Gasteiger partial charge in [-0.15, -0.1) is 5.10 Å². The third kappa shape index (κ3) is 4.93. The van der Waals surface area contributed by atoms with Crippen LogP contribution in [0.5, 0.6) is 0 Å². The number of thioether (sulfide) groups is 1. The topological polar surface area (TPSA) is 72.7 Å². The van der Waals surface area contributed by atoms with Crippen LogP contribution < -0.4 is 5.32 Å². The van der Waals surface area contributed by atoms with Gasteiger partial charge < -0.3 is 5.32 Å². The predicted octanol–water partition coefficient (Wildman–Crippen LogP) is 4.17. The van der Waals surface area contributed by atoms with E-state index in [0.29, 0.717) is 22.4 Å². The predicted molar refractivity (Wildman–Crippen MR) is 113 cm³/mol. The number of aryl methyl sites for hydroxylation is 1. The molecule has 1 aliphatic rings. The van der Waals surface area contributed by atoms with E-state index in [2.05, 4.69) is 41.6 Å². The summed E-state index contributed by atoms with van der Waals surface area (Å²) in [7, 11) is 0. The third-order valence-corrected chi connectivity index (χ3v) is 7.14. The fourth-order valence-corrected chi connectivity index (χ4v) is 4.62. The minimum Gasteiger partial charge on any atom is -0.353 e. The smallest absolute Gasteiger partial charge is 0.230 e. The van der Waals surface area contributed by atoms with Crippen molar-refractivity contribution in [3.8, 4) is 5.69 Å². The van der Waals surface area contributed by atoms with Gasteiger partial charge in [0.25, 0.3) is 0 Å². The van der Waals surface area contributed by atoms with Gasteiger partial charge >= 0.3 is 0 Å². The van der Waals surface area contributed by atoms with Gasteiger partial charge in [-0.25, -0.2) is 0 Å². The summed E-state index contributed by atoms with van der Waals surface area (Å²) in [4.78, 5) is 12.4. The Kier molecular flexibility index (Phi) is 6.75. The van der Waals surface area contributed by atoms with Crippen LogP contribution in [-0.2, 0) is 4.79 Å². The highest BCUT2D eigenvalue weighted by molar-refractivity contribution is 7.99. The van der Waals surface area contributed by atoms with Crippen LogP contribution in [0.25, 0.3) is 5.69 Å². The second kappa shape index (κ2) is 9.07. The molecule has 0 bridgehead atoms. The van der Waals surface area contributed by atoms with Crippen LogP contribution in [0.1, 0.15) is 58.4 Å². The van der Waals surface area contributed by atoms with E-state index in [9.17, 15) is 4.79 Å². The maximum absolute atomic E-state index is 12.4. The average molecular weight is 402 g/mol. The summed E-state index contributed by atoms with van der Waals surface area (Å²) >= 11 is 1.38. The number of hydrogen-bond donors (Lipinski definition) is 1. The first kappa shape index (κ1) is 20.8. The van der Waals surface area contributed by atoms with Gasteiger partial charge in [-0.3, -0.25) is 4.79 Å². The van der Waals surface area contributed by atoms with Crippen molar-refractivity contribution in [3.05, 3.63) is 29.8 Å². The number of carbonyl (C=O) groups excluding carboxylic acids is 1. The quantitative estimate of drug-likeness (QED) is 0.705. The molecule has 6 nitrogen and oxygen atoms in total. The fraction of sp³-hybridized carbons (Fsp3) is 0.619. The zero-order chi connectivity index (χ0) is 20.1. The number of rotatable bonds is 7. The number of para-hydroxylation sites is 1. The highest BCUT2D eigenvalue weighted by Gasteiger charge is 2.32. The SMILES string of the molecule is CCC(C)(C)C1CCC(NC(=O)CSc2nnnn2-c2ccccc2C)CC1. The number of nitrogens with one attached hydrogen (secondary N) is 1. The molecule has 0 spiro atoms. The molecule has 1 aromatic heterocycles. The largest absolute Gasteiger partial charge is 0.353 e. The van der Waals surface area contributed by atoms with E-state index in [-0.39, 0.29) is 5.91 Å². The normalized spacial score (nSPS) is 20.1. The van der Waals surface area contributed by atoms with Crippen molar-refractivity contribution in [1.82, 2.24) is 25.5 Å². The molecule has 0 radical (unpaired) electrons. The van der Waals surface area contributed by atoms with E-state index in [1.165, 1.54) is 31.0 Å². The van der Waals surface area contributed by atoms with Crippen molar-refractivity contribution in [3.63, 3.8) is 0 Å². The Labute approximate surface area is 171 Å². The lowest BCUT2D eigenvalue weighted by atomic mass is 9.69. The molecule has 1 aromatic carbocycles. The van der Waals surface area contributed by atoms with Crippen LogP contribution in [0.3, 0.4) is 0 Å². The molecule has 0 saturated heterocycles. The lowest BCUT2D eigenvalue weighted by Gasteiger charge is -2.39. The number of benzene rings is 1. The average Bonchev–Trinajstić information content (AvgIpc) is 3.15. The summed E-state index contributed by atoms with van der Waals surface area (Å²) in [5.74, 6) is 1.15. The second-order valence-electron chi connectivity index (χ2n) is 8.41. The van der Waals surface area contributed by atoms with Gasteiger partial charge in [0.15, 0.2) is 0 Å². The Morgan fingerprint density at radius 2 is 1.96 bits per heavy atom. The fourth-order valence-electron chi connectivity index (χ4n) is 3.93. The Hall–Kier alpha value is -1.89. The molecule has 152 valence electrons. The molecule has 1 fully saturated rings. The monoisotopic (exact) mass is 401 g/mol. The summed E-state index contributed by atoms with van der Waals surface area (Å²) in [5.41, 5.74) is 2.43. The maximum Gasteiger partial charge on any atom is 0.230 e. The van der Waals surface area contributed by atoms with Crippen molar-refractivity contribution in [1.29, 1.82) is 0 Å². The molecule has 3 rings (SSSR count). The second-order valence-corrected chi connectivity index (χ2v) is 9.35. The summed E-state index contributed by atoms with van der Waals surface area (Å²) < 4.78 is 1.70. The number of nitrogens with zero attached hydrogens (tertiary/aromatic N) is 4. The van der Waals surface area contributed by atoms with Crippen LogP contribution in [0.4, 0.5) is 0 Å². The first-order chi connectivity index (χ1) is 13.4. The van der Waals surface area contributed by atoms with Gasteiger partial charge in [0.2, 0.25) is 11.1 Å². The van der Waals surface area contributed by atoms with Crippen LogP contribution in [0, 0.1) is 18.3 Å². The van der Waals surface area contributed by atoms with Crippen LogP contribution >= 0.6 is 11.8 Å². The summed E-state index contributed by atoms with van der Waals surface area (Å²) in [6.07, 6.45) is 5.76. The molecular weight excluding hydrogens is 370 g/mol. The van der Waals surface area contributed by atoms with Gasteiger partial charge in [0, 0.05) is 6.04 Å². The molecule has 0 unspecified atom stereocenters. The van der Waals surface area contributed by atoms with E-state index in [1.54, 1.807) is 4.68 Å². The minimum absolute atomic E-state index is 0.0579. The van der Waals surface area contributed by atoms with Crippen molar-refractivity contribution in [2.45, 2.75) is 71.0 Å². The number of hydrogen-bond acceptors (Lipinski definition) is 5. The van der Waals surface area contributed by atoms with E-state index in [0.717, 1.165) is 30.0 Å². The van der Waals surface area contributed by atoms with Crippen LogP contribution in [-0.4, -0.2) is 37.9 Å². The lowest BCUT2D eigenvalue weighted by molar-refractivity contribution is -0.119. The molecular formula is C21H31N5OS. The number of carbonyl (C=O) groups is 1. The molecule has 0 aliphatic heterocycles. The Balaban J connectivity index is 1.50. The summed E-state index contributed by atoms with van der Waals surface area (Å²) in [5, 5.41) is 15.8. The molecule has 0 atom stereocenters. The summed E-state index contributed by atoms with van der Waals surface area (Å²) in [6.45, 7) is 9.03. The van der Waals surface area contributed by atoms with Gasteiger partial charge in [0.05, 0.1) is 11.4 Å². The molecule has 1 saturated carbocycles. The van der Waals surface area contributed by atoms with Crippen molar-refractivity contribution in [2.24, 2.45) is 11.3 Å². The van der Waals surface area contributed by atoms with Crippen LogP contribution in [0.15, 0.2) is 29.4 Å². The lowest BCUT2D eigenvalue weighted by Crippen LogP contribution is -2.40.